The predicted molar refractivity (Wildman–Crippen MR) is 56.7 cm³/mol. The largest absolute Gasteiger partial charge is 0.506 e. The fourth-order valence-electron chi connectivity index (χ4n) is 0.741. The van der Waals surface area contributed by atoms with Crippen LogP contribution in [0.4, 0.5) is 5.69 Å². The van der Waals surface area contributed by atoms with Crippen molar-refractivity contribution in [1.29, 1.82) is 0 Å². The van der Waals surface area contributed by atoms with Gasteiger partial charge in [-0.2, -0.15) is 0 Å². The molecule has 3 N–H and O–H groups in total. The van der Waals surface area contributed by atoms with Crippen LogP contribution in [0.25, 0.3) is 0 Å². The standard InChI is InChI=1S/C7H6Cl2N2O2.Na/c8-4-1-5(9)7(13)2-6(4)11-10-3-12;/h1-3,11,13H,(H,10,12);. The molecule has 14 heavy (non-hydrogen) atoms. The van der Waals surface area contributed by atoms with Crippen molar-refractivity contribution in [3.05, 3.63) is 22.2 Å². The number of halogens is 2. The molecule has 0 fully saturated rings. The van der Waals surface area contributed by atoms with Gasteiger partial charge in [0.15, 0.2) is 0 Å². The second-order valence-electron chi connectivity index (χ2n) is 2.17. The third kappa shape index (κ3) is 3.55. The molecule has 0 saturated carbocycles. The normalized spacial score (nSPS) is 8.71. The summed E-state index contributed by atoms with van der Waals surface area (Å²) in [5.74, 6) is -0.110. The number of hydrogen-bond donors (Lipinski definition) is 3. The smallest absolute Gasteiger partial charge is 0.225 e. The van der Waals surface area contributed by atoms with Crippen LogP contribution in [0.2, 0.25) is 10.0 Å². The van der Waals surface area contributed by atoms with E-state index in [4.69, 9.17) is 23.2 Å². The van der Waals surface area contributed by atoms with E-state index in [9.17, 15) is 9.90 Å². The van der Waals surface area contributed by atoms with Gasteiger partial charge < -0.3 is 5.11 Å². The molecule has 0 aromatic heterocycles. The third-order valence-corrected chi connectivity index (χ3v) is 1.92. The van der Waals surface area contributed by atoms with Crippen LogP contribution in [0.15, 0.2) is 12.1 Å². The first-order valence-corrected chi connectivity index (χ1v) is 4.04. The van der Waals surface area contributed by atoms with Gasteiger partial charge in [0.25, 0.3) is 0 Å². The van der Waals surface area contributed by atoms with Crippen LogP contribution in [0.1, 0.15) is 0 Å². The number of nitrogens with one attached hydrogen (secondary N) is 2. The fourth-order valence-corrected chi connectivity index (χ4v) is 1.17. The van der Waals surface area contributed by atoms with Crippen LogP contribution in [0.5, 0.6) is 5.75 Å². The number of amides is 1. The molecular weight excluding hydrogens is 238 g/mol. The van der Waals surface area contributed by atoms with Crippen LogP contribution < -0.4 is 10.9 Å². The average molecular weight is 244 g/mol. The van der Waals surface area contributed by atoms with E-state index in [1.54, 1.807) is 0 Å². The van der Waals surface area contributed by atoms with Crippen molar-refractivity contribution >= 4 is 64.9 Å². The number of carbonyl (C=O) groups is 1. The molecule has 1 radical (unpaired) electrons. The van der Waals surface area contributed by atoms with E-state index >= 15 is 0 Å². The second-order valence-corrected chi connectivity index (χ2v) is 2.99. The quantitative estimate of drug-likeness (QED) is 0.427. The number of aromatic hydroxyl groups is 1. The van der Waals surface area contributed by atoms with E-state index in [-0.39, 0.29) is 40.3 Å². The number of phenols is 1. The minimum absolute atomic E-state index is 0. The molecule has 0 saturated heterocycles. The SMILES string of the molecule is O=CNNc1cc(O)c(Cl)cc1Cl.[Na]. The maximum Gasteiger partial charge on any atom is 0.225 e. The van der Waals surface area contributed by atoms with Crippen molar-refractivity contribution in [3.63, 3.8) is 0 Å². The summed E-state index contributed by atoms with van der Waals surface area (Å²) in [5.41, 5.74) is 5.02. The predicted octanol–water partition coefficient (Wildman–Crippen LogP) is 1.39. The summed E-state index contributed by atoms with van der Waals surface area (Å²) in [6, 6.07) is 2.68. The van der Waals surface area contributed by atoms with Crippen LogP contribution in [-0.4, -0.2) is 41.1 Å². The minimum Gasteiger partial charge on any atom is -0.506 e. The number of carbonyl (C=O) groups excluding carboxylic acids is 1. The van der Waals surface area contributed by atoms with E-state index in [0.717, 1.165) is 0 Å². The maximum atomic E-state index is 9.94. The zero-order valence-electron chi connectivity index (χ0n) is 7.34. The Morgan fingerprint density at radius 3 is 2.50 bits per heavy atom. The topological polar surface area (TPSA) is 61.4 Å². The number of rotatable bonds is 3. The summed E-state index contributed by atoms with van der Waals surface area (Å²) in [4.78, 5) is 9.94. The van der Waals surface area contributed by atoms with Crippen molar-refractivity contribution in [2.75, 3.05) is 5.43 Å². The Hall–Kier alpha value is -0.130. The molecule has 0 spiro atoms. The Morgan fingerprint density at radius 2 is 1.93 bits per heavy atom. The number of phenolic OH excluding ortho intramolecular Hbond substituents is 1. The van der Waals surface area contributed by atoms with Gasteiger partial charge in [-0.3, -0.25) is 15.6 Å². The monoisotopic (exact) mass is 243 g/mol. The molecular formula is C7H6Cl2N2NaO2. The first-order valence-electron chi connectivity index (χ1n) is 3.28. The van der Waals surface area contributed by atoms with E-state index in [1.165, 1.54) is 12.1 Å². The number of benzene rings is 1. The summed E-state index contributed by atoms with van der Waals surface area (Å²) in [5, 5.41) is 9.63. The number of anilines is 1. The molecule has 0 aliphatic carbocycles. The van der Waals surface area contributed by atoms with Crippen LogP contribution in [0.3, 0.4) is 0 Å². The molecule has 0 bridgehead atoms. The summed E-state index contributed by atoms with van der Waals surface area (Å²) in [6.07, 6.45) is 0.446. The first kappa shape index (κ1) is 13.9. The first-order chi connectivity index (χ1) is 6.15. The fraction of sp³-hybridized carbons (Fsp3) is 0. The van der Waals surface area contributed by atoms with Crippen LogP contribution in [-0.2, 0) is 4.79 Å². The molecule has 7 heteroatoms. The molecule has 1 aromatic carbocycles. The Kier molecular flexibility index (Phi) is 6.31. The Bertz CT molecular complexity index is 336. The molecule has 0 aliphatic heterocycles. The molecule has 71 valence electrons. The van der Waals surface area contributed by atoms with Gasteiger partial charge in [0, 0.05) is 35.6 Å². The van der Waals surface area contributed by atoms with Gasteiger partial charge in [0.1, 0.15) is 5.75 Å². The van der Waals surface area contributed by atoms with Crippen LogP contribution in [0, 0.1) is 0 Å². The summed E-state index contributed by atoms with van der Waals surface area (Å²) < 4.78 is 0. The molecule has 1 rings (SSSR count). The van der Waals surface area contributed by atoms with E-state index in [1.807, 2.05) is 0 Å². The van der Waals surface area contributed by atoms with Gasteiger partial charge in [-0.15, -0.1) is 0 Å². The second kappa shape index (κ2) is 6.37. The van der Waals surface area contributed by atoms with E-state index < -0.39 is 0 Å². The number of hydrazine groups is 1. The zero-order valence-corrected chi connectivity index (χ0v) is 10.9. The minimum atomic E-state index is -0.110. The van der Waals surface area contributed by atoms with Gasteiger partial charge in [0.05, 0.1) is 15.7 Å². The summed E-state index contributed by atoms with van der Waals surface area (Å²) in [7, 11) is 0. The van der Waals surface area contributed by atoms with E-state index in [2.05, 4.69) is 10.9 Å². The Labute approximate surface area is 113 Å². The molecule has 0 atom stereocenters. The Morgan fingerprint density at radius 1 is 1.29 bits per heavy atom. The van der Waals surface area contributed by atoms with Crippen molar-refractivity contribution in [2.45, 2.75) is 0 Å². The molecule has 0 aliphatic rings. The molecule has 4 nitrogen and oxygen atoms in total. The number of hydrogen-bond acceptors (Lipinski definition) is 3. The van der Waals surface area contributed by atoms with E-state index in [0.29, 0.717) is 17.1 Å². The van der Waals surface area contributed by atoms with Crippen molar-refractivity contribution in [2.24, 2.45) is 0 Å². The summed E-state index contributed by atoms with van der Waals surface area (Å²) in [6.45, 7) is 0. The van der Waals surface area contributed by atoms with Crippen molar-refractivity contribution in [1.82, 2.24) is 5.43 Å². The van der Waals surface area contributed by atoms with Gasteiger partial charge in [-0.25, -0.2) is 0 Å². The van der Waals surface area contributed by atoms with Gasteiger partial charge in [-0.1, -0.05) is 23.2 Å². The van der Waals surface area contributed by atoms with Gasteiger partial charge >= 0.3 is 0 Å². The molecule has 1 amide bonds. The van der Waals surface area contributed by atoms with Crippen LogP contribution >= 0.6 is 23.2 Å². The molecule has 0 unspecified atom stereocenters. The zero-order chi connectivity index (χ0) is 9.84. The van der Waals surface area contributed by atoms with Crippen molar-refractivity contribution < 1.29 is 9.90 Å². The third-order valence-electron chi connectivity index (χ3n) is 1.30. The molecule has 1 aromatic rings. The average Bonchev–Trinajstić information content (AvgIpc) is 2.09. The molecule has 0 heterocycles. The summed E-state index contributed by atoms with van der Waals surface area (Å²) >= 11 is 11.3. The van der Waals surface area contributed by atoms with Crippen molar-refractivity contribution in [3.8, 4) is 5.75 Å². The maximum absolute atomic E-state index is 9.94. The Balaban J connectivity index is 0.00000169. The van der Waals surface area contributed by atoms with Gasteiger partial charge in [-0.05, 0) is 6.07 Å². The van der Waals surface area contributed by atoms with Gasteiger partial charge in [0.2, 0.25) is 6.41 Å².